The van der Waals surface area contributed by atoms with E-state index in [1.54, 1.807) is 0 Å². The Labute approximate surface area is 112 Å². The molecule has 0 aromatic rings. The molecule has 0 spiro atoms. The smallest absolute Gasteiger partial charge is 0.0983 e. The lowest BCUT2D eigenvalue weighted by molar-refractivity contribution is -0.373. The average molecular weight is 254 g/mol. The molecule has 2 nitrogen and oxygen atoms in total. The molecular weight excluding hydrogens is 224 g/mol. The van der Waals surface area contributed by atoms with Crippen LogP contribution in [0.1, 0.15) is 78.1 Å². The second-order valence-electron chi connectivity index (χ2n) is 6.37. The molecule has 0 N–H and O–H groups in total. The van der Waals surface area contributed by atoms with Gasteiger partial charge in [0.2, 0.25) is 0 Å². The van der Waals surface area contributed by atoms with Crippen molar-refractivity contribution in [1.82, 2.24) is 0 Å². The molecule has 106 valence electrons. The zero-order valence-electron chi connectivity index (χ0n) is 12.2. The lowest BCUT2D eigenvalue weighted by atomic mass is 9.78. The Morgan fingerprint density at radius 2 is 1.67 bits per heavy atom. The van der Waals surface area contributed by atoms with Crippen LogP contribution in [0.25, 0.3) is 0 Å². The first-order valence-electron chi connectivity index (χ1n) is 8.13. The second kappa shape index (κ2) is 7.49. The maximum atomic E-state index is 5.90. The summed E-state index contributed by atoms with van der Waals surface area (Å²) in [6.07, 6.45) is 13.7. The largest absolute Gasteiger partial charge is 0.233 e. The van der Waals surface area contributed by atoms with Crippen molar-refractivity contribution in [3.05, 3.63) is 0 Å². The van der Waals surface area contributed by atoms with E-state index in [0.717, 1.165) is 5.92 Å². The quantitative estimate of drug-likeness (QED) is 0.514. The summed E-state index contributed by atoms with van der Waals surface area (Å²) < 4.78 is 0. The summed E-state index contributed by atoms with van der Waals surface area (Å²) in [5.74, 6) is 1.39. The maximum absolute atomic E-state index is 5.90. The van der Waals surface area contributed by atoms with E-state index in [0.29, 0.717) is 18.1 Å². The summed E-state index contributed by atoms with van der Waals surface area (Å²) in [4.78, 5) is 11.7. The fourth-order valence-electron chi connectivity index (χ4n) is 3.65. The van der Waals surface area contributed by atoms with Gasteiger partial charge in [-0.05, 0) is 43.9 Å². The van der Waals surface area contributed by atoms with Gasteiger partial charge in [0.15, 0.2) is 0 Å². The van der Waals surface area contributed by atoms with E-state index in [4.69, 9.17) is 9.78 Å². The van der Waals surface area contributed by atoms with Crippen LogP contribution >= 0.6 is 0 Å². The van der Waals surface area contributed by atoms with Gasteiger partial charge in [-0.1, -0.05) is 46.0 Å². The summed E-state index contributed by atoms with van der Waals surface area (Å²) in [6.45, 7) is 4.61. The number of rotatable bonds is 5. The molecule has 2 fully saturated rings. The van der Waals surface area contributed by atoms with Crippen LogP contribution in [0.3, 0.4) is 0 Å². The monoisotopic (exact) mass is 254 g/mol. The zero-order valence-corrected chi connectivity index (χ0v) is 12.2. The maximum Gasteiger partial charge on any atom is 0.0983 e. The van der Waals surface area contributed by atoms with Crippen LogP contribution in [0, 0.1) is 11.8 Å². The Hall–Kier alpha value is -0.0800. The Bertz CT molecular complexity index is 221. The van der Waals surface area contributed by atoms with E-state index < -0.39 is 0 Å². The van der Waals surface area contributed by atoms with E-state index in [1.807, 2.05) is 0 Å². The lowest BCUT2D eigenvalue weighted by Crippen LogP contribution is -2.36. The fourth-order valence-corrected chi connectivity index (χ4v) is 3.65. The third-order valence-corrected chi connectivity index (χ3v) is 4.77. The van der Waals surface area contributed by atoms with Gasteiger partial charge >= 0.3 is 0 Å². The molecule has 3 atom stereocenters. The van der Waals surface area contributed by atoms with E-state index in [9.17, 15) is 0 Å². The molecule has 2 aliphatic rings. The van der Waals surface area contributed by atoms with Crippen LogP contribution in [0.2, 0.25) is 0 Å². The normalized spacial score (nSPS) is 34.7. The third kappa shape index (κ3) is 3.96. The predicted octanol–water partition coefficient (Wildman–Crippen LogP) is 4.87. The van der Waals surface area contributed by atoms with Gasteiger partial charge in [-0.15, -0.1) is 0 Å². The van der Waals surface area contributed by atoms with Crippen molar-refractivity contribution >= 4 is 0 Å². The van der Waals surface area contributed by atoms with Gasteiger partial charge in [-0.25, -0.2) is 9.78 Å². The van der Waals surface area contributed by atoms with Gasteiger partial charge in [0.25, 0.3) is 0 Å². The van der Waals surface area contributed by atoms with Gasteiger partial charge in [-0.2, -0.15) is 0 Å². The first kappa shape index (κ1) is 14.3. The van der Waals surface area contributed by atoms with Gasteiger partial charge < -0.3 is 0 Å². The van der Waals surface area contributed by atoms with Crippen LogP contribution in [0.15, 0.2) is 0 Å². The molecule has 0 radical (unpaired) electrons. The van der Waals surface area contributed by atoms with Crippen LogP contribution in [-0.2, 0) is 9.78 Å². The summed E-state index contributed by atoms with van der Waals surface area (Å²) in [7, 11) is 0. The molecule has 0 aromatic carbocycles. The third-order valence-electron chi connectivity index (χ3n) is 4.77. The summed E-state index contributed by atoms with van der Waals surface area (Å²) >= 11 is 0. The molecule has 3 unspecified atom stereocenters. The molecule has 0 saturated heterocycles. The predicted molar refractivity (Wildman–Crippen MR) is 74.2 cm³/mol. The standard InChI is InChI=1S/C16H30O2/c1-3-8-14-10-7-9-13(2)16(14)18-17-15-11-5-4-6-12-15/h13-16H,3-12H2,1-2H3. The molecule has 0 aromatic heterocycles. The Morgan fingerprint density at radius 1 is 0.889 bits per heavy atom. The number of hydrogen-bond donors (Lipinski definition) is 0. The number of hydrogen-bond acceptors (Lipinski definition) is 2. The van der Waals surface area contributed by atoms with Crippen molar-refractivity contribution in [3.63, 3.8) is 0 Å². The molecule has 2 heteroatoms. The van der Waals surface area contributed by atoms with E-state index >= 15 is 0 Å². The summed E-state index contributed by atoms with van der Waals surface area (Å²) in [5, 5.41) is 0. The summed E-state index contributed by atoms with van der Waals surface area (Å²) in [6, 6.07) is 0. The Balaban J connectivity index is 1.79. The van der Waals surface area contributed by atoms with E-state index in [2.05, 4.69) is 13.8 Å². The SMILES string of the molecule is CCCC1CCCC(C)C1OOC1CCCCC1. The molecule has 2 rings (SSSR count). The lowest BCUT2D eigenvalue weighted by Gasteiger charge is -2.36. The average Bonchev–Trinajstić information content (AvgIpc) is 2.40. The fraction of sp³-hybridized carbons (Fsp3) is 1.00. The highest BCUT2D eigenvalue weighted by molar-refractivity contribution is 4.80. The molecule has 2 saturated carbocycles. The Kier molecular flexibility index (Phi) is 5.97. The van der Waals surface area contributed by atoms with Gasteiger partial charge in [0.1, 0.15) is 0 Å². The van der Waals surface area contributed by atoms with Gasteiger partial charge in [-0.3, -0.25) is 0 Å². The molecule has 0 heterocycles. The first-order chi connectivity index (χ1) is 8.81. The minimum atomic E-state index is 0.348. The van der Waals surface area contributed by atoms with Crippen LogP contribution in [-0.4, -0.2) is 12.2 Å². The molecule has 18 heavy (non-hydrogen) atoms. The minimum absolute atomic E-state index is 0.348. The molecule has 2 aliphatic carbocycles. The molecular formula is C16H30O2. The van der Waals surface area contributed by atoms with Crippen molar-refractivity contribution in [2.75, 3.05) is 0 Å². The van der Waals surface area contributed by atoms with Crippen molar-refractivity contribution in [3.8, 4) is 0 Å². The molecule has 0 bridgehead atoms. The van der Waals surface area contributed by atoms with Crippen LogP contribution in [0.4, 0.5) is 0 Å². The Morgan fingerprint density at radius 3 is 2.39 bits per heavy atom. The molecule has 0 aliphatic heterocycles. The summed E-state index contributed by atoms with van der Waals surface area (Å²) in [5.41, 5.74) is 0. The van der Waals surface area contributed by atoms with E-state index in [-0.39, 0.29) is 0 Å². The second-order valence-corrected chi connectivity index (χ2v) is 6.37. The van der Waals surface area contributed by atoms with Crippen molar-refractivity contribution in [2.45, 2.75) is 90.3 Å². The molecule has 0 amide bonds. The van der Waals surface area contributed by atoms with Crippen molar-refractivity contribution in [2.24, 2.45) is 11.8 Å². The van der Waals surface area contributed by atoms with Crippen molar-refractivity contribution in [1.29, 1.82) is 0 Å². The van der Waals surface area contributed by atoms with Crippen molar-refractivity contribution < 1.29 is 9.78 Å². The highest BCUT2D eigenvalue weighted by Crippen LogP contribution is 2.35. The zero-order chi connectivity index (χ0) is 12.8. The topological polar surface area (TPSA) is 18.5 Å². The first-order valence-corrected chi connectivity index (χ1v) is 8.13. The highest BCUT2D eigenvalue weighted by atomic mass is 17.2. The minimum Gasteiger partial charge on any atom is -0.233 e. The van der Waals surface area contributed by atoms with E-state index in [1.165, 1.54) is 64.2 Å². The van der Waals surface area contributed by atoms with Gasteiger partial charge in [0.05, 0.1) is 12.2 Å². The highest BCUT2D eigenvalue weighted by Gasteiger charge is 2.32. The van der Waals surface area contributed by atoms with Crippen LogP contribution < -0.4 is 0 Å². The van der Waals surface area contributed by atoms with Gasteiger partial charge in [0, 0.05) is 0 Å². The van der Waals surface area contributed by atoms with Crippen LogP contribution in [0.5, 0.6) is 0 Å².